The van der Waals surface area contributed by atoms with E-state index in [1.54, 1.807) is 0 Å². The third-order valence-electron chi connectivity index (χ3n) is 6.63. The number of para-hydroxylation sites is 1. The zero-order valence-electron chi connectivity index (χ0n) is 18.5. The van der Waals surface area contributed by atoms with Gasteiger partial charge in [0, 0.05) is 39.0 Å². The topological polar surface area (TPSA) is 16.4 Å². The van der Waals surface area contributed by atoms with Gasteiger partial charge in [0.05, 0.1) is 5.69 Å². The fraction of sp³-hybridized carbons (Fsp3) is 0. The lowest BCUT2D eigenvalue weighted by Crippen LogP contribution is -2.10. The molecule has 0 fully saturated rings. The normalized spacial score (nSPS) is 11.5. The van der Waals surface area contributed by atoms with E-state index >= 15 is 0 Å². The van der Waals surface area contributed by atoms with Crippen molar-refractivity contribution in [2.45, 2.75) is 0 Å². The highest BCUT2D eigenvalue weighted by Crippen LogP contribution is 2.41. The number of anilines is 3. The first-order valence-corrected chi connectivity index (χ1v) is 11.5. The van der Waals surface area contributed by atoms with Crippen LogP contribution in [0.15, 0.2) is 132 Å². The highest BCUT2D eigenvalue weighted by atomic mass is 16.3. The average molecular weight is 436 g/mol. The Kier molecular flexibility index (Phi) is 4.18. The minimum absolute atomic E-state index is 0.894. The maximum absolute atomic E-state index is 6.49. The Morgan fingerprint density at radius 1 is 0.441 bits per heavy atom. The van der Waals surface area contributed by atoms with Crippen LogP contribution in [0.4, 0.5) is 17.1 Å². The fourth-order valence-electron chi connectivity index (χ4n) is 5.04. The molecule has 0 bridgehead atoms. The van der Waals surface area contributed by atoms with E-state index in [-0.39, 0.29) is 0 Å². The second kappa shape index (κ2) is 7.50. The second-order valence-electron chi connectivity index (χ2n) is 8.62. The molecule has 0 saturated heterocycles. The van der Waals surface area contributed by atoms with Crippen molar-refractivity contribution in [2.75, 3.05) is 4.90 Å². The Bertz CT molecular complexity index is 1810. The van der Waals surface area contributed by atoms with E-state index in [9.17, 15) is 0 Å². The number of fused-ring (bicyclic) bond motifs is 6. The van der Waals surface area contributed by atoms with Gasteiger partial charge >= 0.3 is 0 Å². The molecule has 160 valence electrons. The lowest BCUT2D eigenvalue weighted by atomic mass is 10.0. The second-order valence-corrected chi connectivity index (χ2v) is 8.62. The molecule has 0 aliphatic carbocycles. The Morgan fingerprint density at radius 2 is 1.12 bits per heavy atom. The van der Waals surface area contributed by atoms with Crippen LogP contribution in [0.1, 0.15) is 0 Å². The lowest BCUT2D eigenvalue weighted by molar-refractivity contribution is 0.673. The van der Waals surface area contributed by atoms with Crippen molar-refractivity contribution in [3.8, 4) is 0 Å². The van der Waals surface area contributed by atoms with Gasteiger partial charge in [-0.05, 0) is 47.2 Å². The van der Waals surface area contributed by atoms with Gasteiger partial charge in [0.1, 0.15) is 11.2 Å². The standard InChI is InChI=1S/C32H21NO/c1-2-12-24(13-3-1)33(30-16-8-11-22-9-4-6-14-26(22)30)25-18-20-28-29-19-17-23-10-5-7-15-27(23)32(29)34-31(28)21-25/h1-21H. The first-order valence-electron chi connectivity index (χ1n) is 11.5. The summed E-state index contributed by atoms with van der Waals surface area (Å²) in [5, 5.41) is 7.05. The molecular formula is C32H21NO. The molecule has 0 radical (unpaired) electrons. The van der Waals surface area contributed by atoms with Gasteiger partial charge in [-0.2, -0.15) is 0 Å². The van der Waals surface area contributed by atoms with Crippen molar-refractivity contribution in [3.63, 3.8) is 0 Å². The van der Waals surface area contributed by atoms with Gasteiger partial charge in [0.2, 0.25) is 0 Å². The summed E-state index contributed by atoms with van der Waals surface area (Å²) in [5.41, 5.74) is 5.16. The summed E-state index contributed by atoms with van der Waals surface area (Å²) in [6.07, 6.45) is 0. The van der Waals surface area contributed by atoms with Gasteiger partial charge in [0.25, 0.3) is 0 Å². The minimum Gasteiger partial charge on any atom is -0.455 e. The summed E-state index contributed by atoms with van der Waals surface area (Å²) in [7, 11) is 0. The summed E-state index contributed by atoms with van der Waals surface area (Å²) in [5.74, 6) is 0. The van der Waals surface area contributed by atoms with Gasteiger partial charge in [-0.15, -0.1) is 0 Å². The van der Waals surface area contributed by atoms with Crippen molar-refractivity contribution in [1.29, 1.82) is 0 Å². The molecule has 34 heavy (non-hydrogen) atoms. The van der Waals surface area contributed by atoms with E-state index in [1.165, 1.54) is 16.2 Å². The smallest absolute Gasteiger partial charge is 0.143 e. The molecule has 0 unspecified atom stereocenters. The third kappa shape index (κ3) is 2.89. The van der Waals surface area contributed by atoms with E-state index in [4.69, 9.17) is 4.42 Å². The summed E-state index contributed by atoms with van der Waals surface area (Å²) in [4.78, 5) is 2.31. The SMILES string of the molecule is c1ccc(N(c2ccc3c(c2)oc2c4ccccc4ccc32)c2cccc3ccccc23)cc1. The maximum atomic E-state index is 6.49. The van der Waals surface area contributed by atoms with Crippen LogP contribution < -0.4 is 4.90 Å². The van der Waals surface area contributed by atoms with E-state index in [0.717, 1.165) is 44.4 Å². The van der Waals surface area contributed by atoms with E-state index in [1.807, 2.05) is 0 Å². The molecule has 0 aliphatic heterocycles. The van der Waals surface area contributed by atoms with Gasteiger partial charge in [-0.3, -0.25) is 0 Å². The molecule has 2 nitrogen and oxygen atoms in total. The monoisotopic (exact) mass is 435 g/mol. The fourth-order valence-corrected chi connectivity index (χ4v) is 5.04. The van der Waals surface area contributed by atoms with E-state index in [2.05, 4.69) is 132 Å². The molecule has 1 aromatic heterocycles. The number of nitrogens with zero attached hydrogens (tertiary/aromatic N) is 1. The quantitative estimate of drug-likeness (QED) is 0.275. The first kappa shape index (κ1) is 19.0. The Morgan fingerprint density at radius 3 is 1.97 bits per heavy atom. The molecule has 6 aromatic carbocycles. The van der Waals surface area contributed by atoms with Crippen LogP contribution in [0, 0.1) is 0 Å². The van der Waals surface area contributed by atoms with Crippen LogP contribution in [0.25, 0.3) is 43.5 Å². The third-order valence-corrected chi connectivity index (χ3v) is 6.63. The Hall–Kier alpha value is -4.56. The molecule has 0 atom stereocenters. The molecule has 1 heterocycles. The zero-order chi connectivity index (χ0) is 22.5. The van der Waals surface area contributed by atoms with Crippen molar-refractivity contribution in [2.24, 2.45) is 0 Å². The average Bonchev–Trinajstić information content (AvgIpc) is 3.28. The molecule has 0 amide bonds. The number of rotatable bonds is 3. The van der Waals surface area contributed by atoms with Gasteiger partial charge < -0.3 is 9.32 Å². The van der Waals surface area contributed by atoms with Crippen molar-refractivity contribution < 1.29 is 4.42 Å². The highest BCUT2D eigenvalue weighted by molar-refractivity contribution is 6.15. The number of hydrogen-bond donors (Lipinski definition) is 0. The number of furan rings is 1. The molecule has 0 spiro atoms. The lowest BCUT2D eigenvalue weighted by Gasteiger charge is -2.26. The van der Waals surface area contributed by atoms with Crippen molar-refractivity contribution in [3.05, 3.63) is 127 Å². The van der Waals surface area contributed by atoms with Gasteiger partial charge in [-0.25, -0.2) is 0 Å². The summed E-state index contributed by atoms with van der Waals surface area (Å²) >= 11 is 0. The largest absolute Gasteiger partial charge is 0.455 e. The molecule has 0 saturated carbocycles. The summed E-state index contributed by atoms with van der Waals surface area (Å²) in [6.45, 7) is 0. The predicted octanol–water partition coefficient (Wildman–Crippen LogP) is 9.36. The van der Waals surface area contributed by atoms with Crippen molar-refractivity contribution >= 4 is 60.5 Å². The zero-order valence-corrected chi connectivity index (χ0v) is 18.5. The van der Waals surface area contributed by atoms with E-state index < -0.39 is 0 Å². The van der Waals surface area contributed by atoms with E-state index in [0.29, 0.717) is 0 Å². The van der Waals surface area contributed by atoms with Gasteiger partial charge in [-0.1, -0.05) is 84.9 Å². The van der Waals surface area contributed by atoms with Crippen LogP contribution >= 0.6 is 0 Å². The van der Waals surface area contributed by atoms with Crippen LogP contribution in [-0.4, -0.2) is 0 Å². The van der Waals surface area contributed by atoms with Gasteiger partial charge in [0.15, 0.2) is 0 Å². The van der Waals surface area contributed by atoms with Crippen LogP contribution in [0.3, 0.4) is 0 Å². The van der Waals surface area contributed by atoms with Crippen molar-refractivity contribution in [1.82, 2.24) is 0 Å². The summed E-state index contributed by atoms with van der Waals surface area (Å²) in [6, 6.07) is 44.8. The molecule has 7 aromatic rings. The first-order chi connectivity index (χ1) is 16.9. The molecule has 7 rings (SSSR count). The Labute approximate surface area is 197 Å². The highest BCUT2D eigenvalue weighted by Gasteiger charge is 2.17. The maximum Gasteiger partial charge on any atom is 0.143 e. The van der Waals surface area contributed by atoms with Crippen LogP contribution in [0.5, 0.6) is 0 Å². The number of benzene rings is 6. The molecule has 0 aliphatic rings. The molecular weight excluding hydrogens is 414 g/mol. The minimum atomic E-state index is 0.894. The number of hydrogen-bond acceptors (Lipinski definition) is 2. The van der Waals surface area contributed by atoms with Crippen LogP contribution in [-0.2, 0) is 0 Å². The Balaban J connectivity index is 1.49. The van der Waals surface area contributed by atoms with Crippen LogP contribution in [0.2, 0.25) is 0 Å². The predicted molar refractivity (Wildman–Crippen MR) is 143 cm³/mol. The summed E-state index contributed by atoms with van der Waals surface area (Å²) < 4.78 is 6.49. The molecule has 0 N–H and O–H groups in total. The molecule has 2 heteroatoms.